The number of nitrogens with zero attached hydrogens (tertiary/aromatic N) is 2. The zero-order valence-corrected chi connectivity index (χ0v) is 10.8. The maximum absolute atomic E-state index is 10.7. The number of aromatic nitrogens is 2. The van der Waals surface area contributed by atoms with Crippen LogP contribution in [0.15, 0.2) is 18.2 Å². The van der Waals surface area contributed by atoms with Gasteiger partial charge in [-0.2, -0.15) is 0 Å². The second-order valence-corrected chi connectivity index (χ2v) is 4.65. The summed E-state index contributed by atoms with van der Waals surface area (Å²) in [7, 11) is 0. The fraction of sp³-hybridized carbons (Fsp3) is 0.417. The number of benzene rings is 1. The smallest absolute Gasteiger partial charge is 0.271 e. The van der Waals surface area contributed by atoms with Crippen molar-refractivity contribution in [1.82, 2.24) is 15.3 Å². The molecule has 8 nitrogen and oxygen atoms in total. The Labute approximate surface area is 114 Å². The zero-order chi connectivity index (χ0) is 13.9. The van der Waals surface area contributed by atoms with Gasteiger partial charge in [-0.05, 0) is 6.07 Å². The van der Waals surface area contributed by atoms with E-state index in [1.54, 1.807) is 6.07 Å². The van der Waals surface area contributed by atoms with Gasteiger partial charge in [-0.15, -0.1) is 0 Å². The van der Waals surface area contributed by atoms with Crippen molar-refractivity contribution in [2.24, 2.45) is 0 Å². The Bertz CT molecular complexity index is 621. The van der Waals surface area contributed by atoms with Crippen LogP contribution in [0.1, 0.15) is 0 Å². The Morgan fingerprint density at radius 3 is 3.20 bits per heavy atom. The molecule has 2 aromatic rings. The second-order valence-electron chi connectivity index (χ2n) is 4.65. The Balaban J connectivity index is 1.70. The third kappa shape index (κ3) is 2.70. The summed E-state index contributed by atoms with van der Waals surface area (Å²) in [6.45, 7) is 2.93. The van der Waals surface area contributed by atoms with Crippen LogP contribution in [-0.2, 0) is 4.74 Å². The highest BCUT2D eigenvalue weighted by atomic mass is 16.6. The van der Waals surface area contributed by atoms with Crippen molar-refractivity contribution in [1.29, 1.82) is 0 Å². The minimum absolute atomic E-state index is 0.0510. The lowest BCUT2D eigenvalue weighted by Gasteiger charge is -2.23. The molecule has 1 aromatic heterocycles. The van der Waals surface area contributed by atoms with Crippen molar-refractivity contribution < 1.29 is 9.66 Å². The molecule has 1 aromatic carbocycles. The molecule has 2 heterocycles. The fourth-order valence-corrected chi connectivity index (χ4v) is 2.17. The highest BCUT2D eigenvalue weighted by molar-refractivity contribution is 5.79. The molecule has 1 aliphatic rings. The molecule has 106 valence electrons. The number of rotatable bonds is 4. The minimum atomic E-state index is -0.420. The van der Waals surface area contributed by atoms with Gasteiger partial charge < -0.3 is 20.4 Å². The highest BCUT2D eigenvalue weighted by Gasteiger charge is 2.14. The third-order valence-electron chi connectivity index (χ3n) is 3.19. The van der Waals surface area contributed by atoms with Crippen molar-refractivity contribution in [2.75, 3.05) is 31.6 Å². The summed E-state index contributed by atoms with van der Waals surface area (Å²) < 4.78 is 5.36. The van der Waals surface area contributed by atoms with Crippen molar-refractivity contribution in [3.8, 4) is 0 Å². The van der Waals surface area contributed by atoms with E-state index in [1.807, 2.05) is 0 Å². The number of hydrogen-bond donors (Lipinski definition) is 3. The molecule has 1 atom stereocenters. The Hall–Kier alpha value is -2.19. The molecule has 0 radical (unpaired) electrons. The molecule has 0 amide bonds. The van der Waals surface area contributed by atoms with Gasteiger partial charge in [0, 0.05) is 31.3 Å². The van der Waals surface area contributed by atoms with Crippen molar-refractivity contribution in [3.63, 3.8) is 0 Å². The number of nitro groups is 1. The Morgan fingerprint density at radius 1 is 1.55 bits per heavy atom. The van der Waals surface area contributed by atoms with Gasteiger partial charge in [0.15, 0.2) is 0 Å². The van der Waals surface area contributed by atoms with E-state index in [9.17, 15) is 10.1 Å². The maximum atomic E-state index is 10.7. The molecular weight excluding hydrogens is 262 g/mol. The number of hydrogen-bond acceptors (Lipinski definition) is 6. The molecular formula is C12H15N5O3. The average molecular weight is 277 g/mol. The van der Waals surface area contributed by atoms with Crippen molar-refractivity contribution in [2.45, 2.75) is 6.04 Å². The lowest BCUT2D eigenvalue weighted by molar-refractivity contribution is -0.384. The molecule has 0 saturated carbocycles. The number of non-ortho nitro benzene ring substituents is 1. The van der Waals surface area contributed by atoms with E-state index in [4.69, 9.17) is 4.74 Å². The number of imidazole rings is 1. The van der Waals surface area contributed by atoms with Gasteiger partial charge in [0.05, 0.1) is 29.2 Å². The van der Waals surface area contributed by atoms with Crippen LogP contribution in [0.4, 0.5) is 11.6 Å². The number of ether oxygens (including phenoxy) is 1. The number of fused-ring (bicyclic) bond motifs is 1. The lowest BCUT2D eigenvalue weighted by atomic mass is 10.3. The van der Waals surface area contributed by atoms with Crippen molar-refractivity contribution >= 4 is 22.7 Å². The third-order valence-corrected chi connectivity index (χ3v) is 3.19. The van der Waals surface area contributed by atoms with Crippen LogP contribution >= 0.6 is 0 Å². The van der Waals surface area contributed by atoms with E-state index in [2.05, 4.69) is 20.6 Å². The average Bonchev–Trinajstić information content (AvgIpc) is 2.88. The molecule has 1 unspecified atom stereocenters. The topological polar surface area (TPSA) is 105 Å². The van der Waals surface area contributed by atoms with E-state index < -0.39 is 4.92 Å². The fourth-order valence-electron chi connectivity index (χ4n) is 2.17. The predicted molar refractivity (Wildman–Crippen MR) is 73.8 cm³/mol. The summed E-state index contributed by atoms with van der Waals surface area (Å²) in [4.78, 5) is 17.7. The number of nitro benzene ring substituents is 1. The monoisotopic (exact) mass is 277 g/mol. The molecule has 1 aliphatic heterocycles. The summed E-state index contributed by atoms with van der Waals surface area (Å²) in [5, 5.41) is 17.2. The first kappa shape index (κ1) is 12.8. The van der Waals surface area contributed by atoms with Gasteiger partial charge >= 0.3 is 0 Å². The number of aromatic amines is 1. The highest BCUT2D eigenvalue weighted by Crippen LogP contribution is 2.20. The Kier molecular flexibility index (Phi) is 3.48. The predicted octanol–water partition coefficient (Wildman–Crippen LogP) is 0.871. The number of anilines is 1. The Morgan fingerprint density at radius 2 is 2.45 bits per heavy atom. The standard InChI is InChI=1S/C12H15N5O3/c18-17(19)9-1-2-10-11(5-9)16-12(15-10)14-6-8-7-20-4-3-13-8/h1-2,5,8,13H,3-4,6-7H2,(H2,14,15,16). The summed E-state index contributed by atoms with van der Waals surface area (Å²) in [6, 6.07) is 4.81. The molecule has 3 N–H and O–H groups in total. The zero-order valence-electron chi connectivity index (χ0n) is 10.8. The SMILES string of the molecule is O=[N+]([O-])c1ccc2nc(NCC3COCCN3)[nH]c2c1. The molecule has 20 heavy (non-hydrogen) atoms. The van der Waals surface area contributed by atoms with Crippen LogP contribution < -0.4 is 10.6 Å². The molecule has 8 heteroatoms. The van der Waals surface area contributed by atoms with Gasteiger partial charge in [-0.25, -0.2) is 4.98 Å². The summed E-state index contributed by atoms with van der Waals surface area (Å²) in [5.74, 6) is 0.605. The van der Waals surface area contributed by atoms with Crippen LogP contribution in [0.2, 0.25) is 0 Å². The summed E-state index contributed by atoms with van der Waals surface area (Å²) in [6.07, 6.45) is 0. The second kappa shape index (κ2) is 5.43. The normalized spacial score (nSPS) is 19.1. The van der Waals surface area contributed by atoms with Crippen LogP contribution in [0.5, 0.6) is 0 Å². The van der Waals surface area contributed by atoms with Gasteiger partial charge in [-0.1, -0.05) is 0 Å². The quantitative estimate of drug-likeness (QED) is 0.565. The molecule has 1 saturated heterocycles. The first-order chi connectivity index (χ1) is 9.72. The maximum Gasteiger partial charge on any atom is 0.271 e. The van der Waals surface area contributed by atoms with Gasteiger partial charge in [0.2, 0.25) is 5.95 Å². The van der Waals surface area contributed by atoms with E-state index >= 15 is 0 Å². The molecule has 0 spiro atoms. The number of H-pyrrole nitrogens is 1. The molecule has 0 bridgehead atoms. The minimum Gasteiger partial charge on any atom is -0.378 e. The summed E-state index contributed by atoms with van der Waals surface area (Å²) >= 11 is 0. The van der Waals surface area contributed by atoms with E-state index in [0.29, 0.717) is 30.1 Å². The molecule has 0 aliphatic carbocycles. The van der Waals surface area contributed by atoms with Crippen molar-refractivity contribution in [3.05, 3.63) is 28.3 Å². The first-order valence-electron chi connectivity index (χ1n) is 6.41. The largest absolute Gasteiger partial charge is 0.378 e. The number of nitrogens with one attached hydrogen (secondary N) is 3. The van der Waals surface area contributed by atoms with Crippen LogP contribution in [-0.4, -0.2) is 47.2 Å². The van der Waals surface area contributed by atoms with Crippen LogP contribution in [0.25, 0.3) is 11.0 Å². The van der Waals surface area contributed by atoms with Gasteiger partial charge in [0.25, 0.3) is 5.69 Å². The summed E-state index contributed by atoms with van der Waals surface area (Å²) in [5.41, 5.74) is 1.40. The van der Waals surface area contributed by atoms with E-state index in [0.717, 1.165) is 13.2 Å². The lowest BCUT2D eigenvalue weighted by Crippen LogP contribution is -2.45. The molecule has 3 rings (SSSR count). The van der Waals surface area contributed by atoms with E-state index in [-0.39, 0.29) is 11.7 Å². The number of morpholine rings is 1. The van der Waals surface area contributed by atoms with Crippen LogP contribution in [0, 0.1) is 10.1 Å². The van der Waals surface area contributed by atoms with Gasteiger partial charge in [-0.3, -0.25) is 10.1 Å². The first-order valence-corrected chi connectivity index (χ1v) is 6.41. The molecule has 1 fully saturated rings. The van der Waals surface area contributed by atoms with Gasteiger partial charge in [0.1, 0.15) is 0 Å². The van der Waals surface area contributed by atoms with E-state index in [1.165, 1.54) is 12.1 Å². The van der Waals surface area contributed by atoms with Crippen LogP contribution in [0.3, 0.4) is 0 Å².